The third-order valence-corrected chi connectivity index (χ3v) is 3.73. The van der Waals surface area contributed by atoms with Crippen molar-refractivity contribution < 1.29 is 33.5 Å². The predicted molar refractivity (Wildman–Crippen MR) is 94.0 cm³/mol. The van der Waals surface area contributed by atoms with E-state index < -0.39 is 24.1 Å². The minimum Gasteiger partial charge on any atom is -0.445 e. The molecule has 2 aromatic carbocycles. The number of nitrogens with one attached hydrogen (secondary N) is 1. The molecule has 28 heavy (non-hydrogen) atoms. The minimum atomic E-state index is -1.24. The van der Waals surface area contributed by atoms with E-state index in [4.69, 9.17) is 9.47 Å². The first kappa shape index (κ1) is 18.9. The van der Waals surface area contributed by atoms with Crippen molar-refractivity contribution in [3.05, 3.63) is 71.3 Å². The molecule has 9 nitrogen and oxygen atoms in total. The van der Waals surface area contributed by atoms with Crippen LogP contribution in [0, 0.1) is 0 Å². The first-order valence-electron chi connectivity index (χ1n) is 8.33. The number of fused-ring (bicyclic) bond motifs is 1. The van der Waals surface area contributed by atoms with Crippen LogP contribution >= 0.6 is 0 Å². The smallest absolute Gasteiger partial charge is 0.445 e. The maximum Gasteiger partial charge on any atom is 0.534 e. The van der Waals surface area contributed by atoms with Gasteiger partial charge in [0.2, 0.25) is 0 Å². The molecular weight excluding hydrogens is 368 g/mol. The molecular formula is C19H16N2O7. The zero-order valence-electron chi connectivity index (χ0n) is 14.6. The number of ether oxygens (including phenoxy) is 2. The molecule has 3 rings (SSSR count). The Morgan fingerprint density at radius 1 is 0.857 bits per heavy atom. The van der Waals surface area contributed by atoms with Crippen molar-refractivity contribution >= 4 is 24.1 Å². The van der Waals surface area contributed by atoms with Crippen molar-refractivity contribution in [3.63, 3.8) is 0 Å². The highest BCUT2D eigenvalue weighted by molar-refractivity contribution is 6.20. The molecule has 0 saturated heterocycles. The van der Waals surface area contributed by atoms with Crippen LogP contribution in [0.4, 0.5) is 9.59 Å². The summed E-state index contributed by atoms with van der Waals surface area (Å²) in [6.07, 6.45) is -1.92. The average molecular weight is 384 g/mol. The molecule has 1 aliphatic rings. The fourth-order valence-corrected chi connectivity index (χ4v) is 2.41. The summed E-state index contributed by atoms with van der Waals surface area (Å²) in [6.45, 7) is -0.164. The van der Waals surface area contributed by atoms with Gasteiger partial charge in [-0.05, 0) is 17.7 Å². The van der Waals surface area contributed by atoms with Crippen LogP contribution in [0.15, 0.2) is 54.6 Å². The quantitative estimate of drug-likeness (QED) is 0.462. The van der Waals surface area contributed by atoms with Gasteiger partial charge >= 0.3 is 12.2 Å². The van der Waals surface area contributed by atoms with Gasteiger partial charge in [-0.2, -0.15) is 0 Å². The lowest BCUT2D eigenvalue weighted by Gasteiger charge is -2.12. The summed E-state index contributed by atoms with van der Waals surface area (Å²) in [5, 5.41) is 2.73. The predicted octanol–water partition coefficient (Wildman–Crippen LogP) is 2.28. The highest BCUT2D eigenvalue weighted by atomic mass is 16.8. The normalized spacial score (nSPS) is 12.4. The summed E-state index contributed by atoms with van der Waals surface area (Å²) < 4.78 is 9.72. The maximum atomic E-state index is 12.0. The second kappa shape index (κ2) is 8.67. The highest BCUT2D eigenvalue weighted by Gasteiger charge is 2.39. The number of benzene rings is 2. The van der Waals surface area contributed by atoms with E-state index in [9.17, 15) is 19.2 Å². The third kappa shape index (κ3) is 4.44. The maximum absolute atomic E-state index is 12.0. The van der Waals surface area contributed by atoms with Gasteiger partial charge in [0, 0.05) is 0 Å². The Kier molecular flexibility index (Phi) is 5.85. The van der Waals surface area contributed by atoms with Crippen molar-refractivity contribution in [1.82, 2.24) is 10.4 Å². The molecule has 9 heteroatoms. The fraction of sp³-hybridized carbons (Fsp3) is 0.158. The van der Waals surface area contributed by atoms with Gasteiger partial charge < -0.3 is 14.8 Å². The lowest BCUT2D eigenvalue weighted by molar-refractivity contribution is -0.0737. The summed E-state index contributed by atoms with van der Waals surface area (Å²) in [7, 11) is 0. The topological polar surface area (TPSA) is 111 Å². The number of alkyl carbamates (subject to hydrolysis) is 1. The van der Waals surface area contributed by atoms with Gasteiger partial charge in [0.1, 0.15) is 13.2 Å². The van der Waals surface area contributed by atoms with Gasteiger partial charge in [0.15, 0.2) is 0 Å². The van der Waals surface area contributed by atoms with Gasteiger partial charge in [0.25, 0.3) is 11.8 Å². The standard InChI is InChI=1S/C19H16N2O7/c22-16-14-8-4-5-9-15(14)17(23)21(16)28-19(25)26-11-10-20-18(24)27-12-13-6-2-1-3-7-13/h1-9H,10-12H2,(H,20,24). The molecule has 144 valence electrons. The van der Waals surface area contributed by atoms with Crippen molar-refractivity contribution in [1.29, 1.82) is 0 Å². The highest BCUT2D eigenvalue weighted by Crippen LogP contribution is 2.22. The van der Waals surface area contributed by atoms with Crippen molar-refractivity contribution in [2.24, 2.45) is 0 Å². The number of hydroxylamine groups is 2. The van der Waals surface area contributed by atoms with Crippen LogP contribution in [-0.2, 0) is 20.9 Å². The van der Waals surface area contributed by atoms with Crippen LogP contribution in [0.5, 0.6) is 0 Å². The molecule has 0 saturated carbocycles. The molecule has 3 amide bonds. The summed E-state index contributed by atoms with van der Waals surface area (Å²) in [4.78, 5) is 52.0. The van der Waals surface area contributed by atoms with Crippen LogP contribution in [0.2, 0.25) is 0 Å². The largest absolute Gasteiger partial charge is 0.534 e. The van der Waals surface area contributed by atoms with Gasteiger partial charge in [-0.25, -0.2) is 9.59 Å². The van der Waals surface area contributed by atoms with E-state index in [1.54, 1.807) is 12.1 Å². The summed E-state index contributed by atoms with van der Waals surface area (Å²) >= 11 is 0. The van der Waals surface area contributed by atoms with E-state index in [0.29, 0.717) is 5.06 Å². The number of amides is 3. The Labute approximate surface area is 159 Å². The van der Waals surface area contributed by atoms with E-state index in [0.717, 1.165) is 5.56 Å². The number of hydrogen-bond donors (Lipinski definition) is 1. The monoisotopic (exact) mass is 384 g/mol. The molecule has 0 spiro atoms. The van der Waals surface area contributed by atoms with Crippen LogP contribution in [0.25, 0.3) is 0 Å². The Morgan fingerprint density at radius 2 is 1.46 bits per heavy atom. The van der Waals surface area contributed by atoms with Crippen molar-refractivity contribution in [3.8, 4) is 0 Å². The summed E-state index contributed by atoms with van der Waals surface area (Å²) in [6, 6.07) is 15.2. The second-order valence-corrected chi connectivity index (χ2v) is 5.63. The van der Waals surface area contributed by atoms with Crippen LogP contribution < -0.4 is 5.32 Å². The van der Waals surface area contributed by atoms with Crippen LogP contribution in [0.1, 0.15) is 26.3 Å². The molecule has 2 aromatic rings. The minimum absolute atomic E-state index is 0.0369. The van der Waals surface area contributed by atoms with Gasteiger partial charge in [-0.1, -0.05) is 47.5 Å². The number of carbonyl (C=O) groups excluding carboxylic acids is 4. The number of nitrogens with zero attached hydrogens (tertiary/aromatic N) is 1. The number of hydrogen-bond acceptors (Lipinski definition) is 7. The van der Waals surface area contributed by atoms with E-state index >= 15 is 0 Å². The molecule has 0 radical (unpaired) electrons. The SMILES string of the molecule is O=C(NCCOC(=O)ON1C(=O)c2ccccc2C1=O)OCc1ccccc1. The van der Waals surface area contributed by atoms with E-state index in [2.05, 4.69) is 10.2 Å². The number of rotatable bonds is 6. The summed E-state index contributed by atoms with van der Waals surface area (Å²) in [5.74, 6) is -1.50. The van der Waals surface area contributed by atoms with Gasteiger partial charge in [0.05, 0.1) is 17.7 Å². The Balaban J connectivity index is 1.36. The van der Waals surface area contributed by atoms with Crippen LogP contribution in [0.3, 0.4) is 0 Å². The molecule has 0 bridgehead atoms. The van der Waals surface area contributed by atoms with E-state index in [1.807, 2.05) is 30.3 Å². The molecule has 1 N–H and O–H groups in total. The Morgan fingerprint density at radius 3 is 2.11 bits per heavy atom. The zero-order chi connectivity index (χ0) is 19.9. The number of imide groups is 1. The Hall–Kier alpha value is -3.88. The average Bonchev–Trinajstić information content (AvgIpc) is 2.95. The third-order valence-electron chi connectivity index (χ3n) is 3.73. The lowest BCUT2D eigenvalue weighted by Crippen LogP contribution is -2.34. The molecule has 0 fully saturated rings. The fourth-order valence-electron chi connectivity index (χ4n) is 2.41. The van der Waals surface area contributed by atoms with Crippen LogP contribution in [-0.4, -0.2) is 42.3 Å². The first-order valence-corrected chi connectivity index (χ1v) is 8.33. The molecule has 1 heterocycles. The molecule has 1 aliphatic heterocycles. The number of carbonyl (C=O) groups is 4. The zero-order valence-corrected chi connectivity index (χ0v) is 14.6. The second-order valence-electron chi connectivity index (χ2n) is 5.63. The molecule has 0 aromatic heterocycles. The molecule has 0 unspecified atom stereocenters. The molecule has 0 atom stereocenters. The van der Waals surface area contributed by atoms with Crippen molar-refractivity contribution in [2.45, 2.75) is 6.61 Å². The molecule has 0 aliphatic carbocycles. The van der Waals surface area contributed by atoms with E-state index in [1.165, 1.54) is 12.1 Å². The lowest BCUT2D eigenvalue weighted by atomic mass is 10.1. The van der Waals surface area contributed by atoms with Gasteiger partial charge in [-0.15, -0.1) is 0 Å². The van der Waals surface area contributed by atoms with E-state index in [-0.39, 0.29) is 30.9 Å². The van der Waals surface area contributed by atoms with Crippen molar-refractivity contribution in [2.75, 3.05) is 13.2 Å². The Bertz CT molecular complexity index is 863. The van der Waals surface area contributed by atoms with Gasteiger partial charge in [-0.3, -0.25) is 14.4 Å². The first-order chi connectivity index (χ1) is 13.6. The summed E-state index contributed by atoms with van der Waals surface area (Å²) in [5.41, 5.74) is 1.12.